The van der Waals surface area contributed by atoms with Crippen LogP contribution in [-0.2, 0) is 16.1 Å². The summed E-state index contributed by atoms with van der Waals surface area (Å²) in [4.78, 5) is 15.6. The minimum atomic E-state index is -0.374. The van der Waals surface area contributed by atoms with Gasteiger partial charge in [-0.3, -0.25) is 4.79 Å². The predicted octanol–water partition coefficient (Wildman–Crippen LogP) is 1.84. The van der Waals surface area contributed by atoms with Gasteiger partial charge < -0.3 is 20.4 Å². The topological polar surface area (TPSA) is 82.2 Å². The molecule has 6 nitrogen and oxygen atoms in total. The monoisotopic (exact) mass is 378 g/mol. The Morgan fingerprint density at radius 3 is 2.75 bits per heavy atom. The van der Waals surface area contributed by atoms with E-state index in [4.69, 9.17) is 10.5 Å². The summed E-state index contributed by atoms with van der Waals surface area (Å²) in [5.41, 5.74) is 6.55. The maximum atomic E-state index is 14.1. The zero-order chi connectivity index (χ0) is 15.9. The van der Waals surface area contributed by atoms with E-state index in [1.54, 1.807) is 29.1 Å². The van der Waals surface area contributed by atoms with Crippen LogP contribution < -0.4 is 11.1 Å². The van der Waals surface area contributed by atoms with E-state index in [2.05, 4.69) is 10.3 Å². The number of methoxy groups -OCH3 is 1. The van der Waals surface area contributed by atoms with Crippen molar-refractivity contribution in [1.29, 1.82) is 0 Å². The molecule has 2 rings (SSSR count). The lowest BCUT2D eigenvalue weighted by atomic mass is 10.2. The molecular formula is C15H21Cl2FN4O2. The number of ether oxygens (including phenoxy) is 1. The third-order valence-electron chi connectivity index (χ3n) is 3.29. The van der Waals surface area contributed by atoms with Crippen LogP contribution in [0.1, 0.15) is 12.0 Å². The Morgan fingerprint density at radius 2 is 2.21 bits per heavy atom. The van der Waals surface area contributed by atoms with E-state index < -0.39 is 0 Å². The number of aromatic nitrogens is 2. The van der Waals surface area contributed by atoms with Crippen molar-refractivity contribution >= 4 is 30.7 Å². The molecule has 134 valence electrons. The molecule has 0 radical (unpaired) electrons. The lowest BCUT2D eigenvalue weighted by Gasteiger charge is -2.13. The number of amides is 1. The average molecular weight is 379 g/mol. The molecule has 1 amide bonds. The second kappa shape index (κ2) is 11.0. The highest BCUT2D eigenvalue weighted by atomic mass is 35.5. The molecule has 1 aromatic carbocycles. The van der Waals surface area contributed by atoms with Gasteiger partial charge in [0, 0.05) is 32.6 Å². The summed E-state index contributed by atoms with van der Waals surface area (Å²) < 4.78 is 20.7. The zero-order valence-electron chi connectivity index (χ0n) is 13.1. The standard InChI is InChI=1S/C15H19FN4O2.2ClH/c1-22-12(8-17)7-15(21)19-9-11-2-3-14(13(16)6-11)20-5-4-18-10-20;;/h2-6,10,12H,7-9,17H2,1H3,(H,19,21);2*1H. The first-order valence-corrected chi connectivity index (χ1v) is 6.90. The van der Waals surface area contributed by atoms with Crippen molar-refractivity contribution in [3.63, 3.8) is 0 Å². The highest BCUT2D eigenvalue weighted by Gasteiger charge is 2.11. The summed E-state index contributed by atoms with van der Waals surface area (Å²) in [6, 6.07) is 4.80. The first-order valence-electron chi connectivity index (χ1n) is 6.90. The van der Waals surface area contributed by atoms with Crippen molar-refractivity contribution in [3.8, 4) is 5.69 Å². The van der Waals surface area contributed by atoms with E-state index in [0.717, 1.165) is 0 Å². The van der Waals surface area contributed by atoms with Crippen molar-refractivity contribution in [3.05, 3.63) is 48.3 Å². The van der Waals surface area contributed by atoms with Gasteiger partial charge in [0.1, 0.15) is 5.82 Å². The first kappa shape index (κ1) is 22.3. The van der Waals surface area contributed by atoms with Gasteiger partial charge in [-0.2, -0.15) is 0 Å². The fraction of sp³-hybridized carbons (Fsp3) is 0.333. The van der Waals surface area contributed by atoms with Gasteiger partial charge in [-0.25, -0.2) is 9.37 Å². The molecule has 0 aliphatic carbocycles. The largest absolute Gasteiger partial charge is 0.380 e. The Bertz CT molecular complexity index is 622. The molecular weight excluding hydrogens is 358 g/mol. The summed E-state index contributed by atoms with van der Waals surface area (Å²) in [7, 11) is 1.51. The van der Waals surface area contributed by atoms with Crippen LogP contribution in [0.4, 0.5) is 4.39 Å². The number of rotatable bonds is 7. The molecule has 3 N–H and O–H groups in total. The number of imidazole rings is 1. The lowest BCUT2D eigenvalue weighted by molar-refractivity contribution is -0.123. The SMILES string of the molecule is COC(CN)CC(=O)NCc1ccc(-n2ccnc2)c(F)c1.Cl.Cl. The molecule has 1 unspecified atom stereocenters. The van der Waals surface area contributed by atoms with Crippen LogP contribution in [0.3, 0.4) is 0 Å². The van der Waals surface area contributed by atoms with Crippen LogP contribution in [0.25, 0.3) is 5.69 Å². The average Bonchev–Trinajstić information content (AvgIpc) is 3.04. The molecule has 0 saturated heterocycles. The van der Waals surface area contributed by atoms with Crippen molar-refractivity contribution < 1.29 is 13.9 Å². The van der Waals surface area contributed by atoms with E-state index >= 15 is 0 Å². The van der Waals surface area contributed by atoms with E-state index in [1.165, 1.54) is 19.5 Å². The number of nitrogens with two attached hydrogens (primary N) is 1. The first-order chi connectivity index (χ1) is 10.6. The Labute approximate surface area is 152 Å². The minimum Gasteiger partial charge on any atom is -0.380 e. The number of hydrogen-bond acceptors (Lipinski definition) is 4. The van der Waals surface area contributed by atoms with Crippen LogP contribution in [0, 0.1) is 5.82 Å². The normalized spacial score (nSPS) is 11.1. The maximum absolute atomic E-state index is 14.1. The van der Waals surface area contributed by atoms with Crippen molar-refractivity contribution in [2.45, 2.75) is 19.1 Å². The molecule has 9 heteroatoms. The lowest BCUT2D eigenvalue weighted by Crippen LogP contribution is -2.31. The summed E-state index contributed by atoms with van der Waals surface area (Å²) in [5, 5.41) is 2.72. The van der Waals surface area contributed by atoms with E-state index in [0.29, 0.717) is 11.3 Å². The quantitative estimate of drug-likeness (QED) is 0.769. The third-order valence-corrected chi connectivity index (χ3v) is 3.29. The Kier molecular flexibility index (Phi) is 10.2. The van der Waals surface area contributed by atoms with Gasteiger partial charge in [-0.1, -0.05) is 6.07 Å². The van der Waals surface area contributed by atoms with E-state index in [9.17, 15) is 9.18 Å². The molecule has 1 heterocycles. The van der Waals surface area contributed by atoms with Crippen molar-refractivity contribution in [2.75, 3.05) is 13.7 Å². The van der Waals surface area contributed by atoms with Crippen LogP contribution in [-0.4, -0.2) is 35.2 Å². The molecule has 1 aromatic heterocycles. The maximum Gasteiger partial charge on any atom is 0.222 e. The Balaban J connectivity index is 0.00000264. The highest BCUT2D eigenvalue weighted by Crippen LogP contribution is 2.15. The van der Waals surface area contributed by atoms with E-state index in [1.807, 2.05) is 0 Å². The molecule has 0 aliphatic heterocycles. The predicted molar refractivity (Wildman–Crippen MR) is 94.3 cm³/mol. The molecule has 2 aromatic rings. The molecule has 0 bridgehead atoms. The van der Waals surface area contributed by atoms with Gasteiger partial charge in [0.05, 0.1) is 24.5 Å². The molecule has 0 spiro atoms. The van der Waals surface area contributed by atoms with Crippen LogP contribution in [0.5, 0.6) is 0 Å². The van der Waals surface area contributed by atoms with Gasteiger partial charge in [0.2, 0.25) is 5.91 Å². The smallest absolute Gasteiger partial charge is 0.222 e. The highest BCUT2D eigenvalue weighted by molar-refractivity contribution is 5.85. The van der Waals surface area contributed by atoms with Gasteiger partial charge in [0.25, 0.3) is 0 Å². The number of halogens is 3. The number of nitrogens with zero attached hydrogens (tertiary/aromatic N) is 2. The third kappa shape index (κ3) is 6.09. The second-order valence-corrected chi connectivity index (χ2v) is 4.83. The Morgan fingerprint density at radius 1 is 1.46 bits per heavy atom. The van der Waals surface area contributed by atoms with Gasteiger partial charge in [-0.05, 0) is 17.7 Å². The van der Waals surface area contributed by atoms with E-state index in [-0.39, 0.29) is 62.2 Å². The fourth-order valence-corrected chi connectivity index (χ4v) is 2.01. The number of nitrogens with one attached hydrogen (secondary N) is 1. The molecule has 24 heavy (non-hydrogen) atoms. The van der Waals surface area contributed by atoms with Crippen LogP contribution in [0.15, 0.2) is 36.9 Å². The van der Waals surface area contributed by atoms with Gasteiger partial charge in [-0.15, -0.1) is 24.8 Å². The van der Waals surface area contributed by atoms with Crippen LogP contribution in [0.2, 0.25) is 0 Å². The fourth-order valence-electron chi connectivity index (χ4n) is 2.01. The molecule has 0 saturated carbocycles. The second-order valence-electron chi connectivity index (χ2n) is 4.83. The van der Waals surface area contributed by atoms with Gasteiger partial charge >= 0.3 is 0 Å². The van der Waals surface area contributed by atoms with Gasteiger partial charge in [0.15, 0.2) is 0 Å². The Hall–Kier alpha value is -1.67. The zero-order valence-corrected chi connectivity index (χ0v) is 14.8. The molecule has 0 aliphatic rings. The van der Waals surface area contributed by atoms with Crippen LogP contribution >= 0.6 is 24.8 Å². The molecule has 0 fully saturated rings. The summed E-state index contributed by atoms with van der Waals surface area (Å²) in [6.07, 6.45) is 4.65. The summed E-state index contributed by atoms with van der Waals surface area (Å²) in [5.74, 6) is -0.558. The summed E-state index contributed by atoms with van der Waals surface area (Å²) in [6.45, 7) is 0.527. The van der Waals surface area contributed by atoms with Crippen molar-refractivity contribution in [2.24, 2.45) is 5.73 Å². The number of carbonyl (C=O) groups is 1. The number of hydrogen-bond donors (Lipinski definition) is 2. The number of benzene rings is 1. The van der Waals surface area contributed by atoms with Crippen molar-refractivity contribution in [1.82, 2.24) is 14.9 Å². The minimum absolute atomic E-state index is 0. The summed E-state index contributed by atoms with van der Waals surface area (Å²) >= 11 is 0. The number of carbonyl (C=O) groups excluding carboxylic acids is 1. The molecule has 1 atom stereocenters.